The van der Waals surface area contributed by atoms with Crippen LogP contribution in [0.2, 0.25) is 0 Å². The molecule has 1 aliphatic rings. The third kappa shape index (κ3) is 3.40. The normalized spacial score (nSPS) is 22.2. The van der Waals surface area contributed by atoms with Crippen LogP contribution < -0.4 is 0 Å². The average Bonchev–Trinajstić information content (AvgIpc) is 2.85. The molecule has 0 radical (unpaired) electrons. The summed E-state index contributed by atoms with van der Waals surface area (Å²) >= 11 is 0. The molecule has 1 atom stereocenters. The molecule has 1 aliphatic heterocycles. The Kier molecular flexibility index (Phi) is 4.81. The summed E-state index contributed by atoms with van der Waals surface area (Å²) in [7, 11) is 0. The van der Waals surface area contributed by atoms with Crippen LogP contribution in [0.3, 0.4) is 0 Å². The second-order valence-corrected chi connectivity index (χ2v) is 5.46. The summed E-state index contributed by atoms with van der Waals surface area (Å²) in [4.78, 5) is 13.6. The average molecular weight is 271 g/mol. The molecule has 1 aromatic rings. The van der Waals surface area contributed by atoms with Gasteiger partial charge in [-0.1, -0.05) is 43.4 Å². The molecule has 0 aliphatic carbocycles. The van der Waals surface area contributed by atoms with Gasteiger partial charge in [-0.05, 0) is 25.0 Å². The highest BCUT2D eigenvalue weighted by Crippen LogP contribution is 2.35. The number of rotatable bonds is 4. The van der Waals surface area contributed by atoms with Crippen molar-refractivity contribution in [2.24, 2.45) is 5.41 Å². The van der Waals surface area contributed by atoms with Crippen molar-refractivity contribution in [2.45, 2.75) is 26.2 Å². The van der Waals surface area contributed by atoms with Gasteiger partial charge in [-0.25, -0.2) is 0 Å². The zero-order valence-corrected chi connectivity index (χ0v) is 11.9. The molecule has 2 rings (SSSR count). The van der Waals surface area contributed by atoms with E-state index < -0.39 is 11.4 Å². The van der Waals surface area contributed by atoms with Crippen LogP contribution in [-0.2, 0) is 4.79 Å². The molecule has 1 unspecified atom stereocenters. The number of hydrogen-bond donors (Lipinski definition) is 1. The van der Waals surface area contributed by atoms with E-state index in [1.165, 1.54) is 0 Å². The molecule has 1 saturated heterocycles. The summed E-state index contributed by atoms with van der Waals surface area (Å²) in [5.41, 5.74) is 0.452. The van der Waals surface area contributed by atoms with Gasteiger partial charge in [0.1, 0.15) is 0 Å². The zero-order valence-electron chi connectivity index (χ0n) is 11.9. The van der Waals surface area contributed by atoms with Crippen molar-refractivity contribution in [1.82, 2.24) is 4.90 Å². The third-order valence-corrected chi connectivity index (χ3v) is 3.92. The molecule has 1 N–H and O–H groups in total. The Bertz CT molecular complexity index is 515. The molecule has 3 nitrogen and oxygen atoms in total. The highest BCUT2D eigenvalue weighted by Gasteiger charge is 2.43. The quantitative estimate of drug-likeness (QED) is 0.856. The first-order valence-corrected chi connectivity index (χ1v) is 7.16. The minimum absolute atomic E-state index is 0.552. The summed E-state index contributed by atoms with van der Waals surface area (Å²) in [5, 5.41) is 9.45. The standard InChI is InChI=1S/C17H21NO2/c1-2-10-17(16(19)20)11-13-18(14-17)12-6-9-15-7-4-3-5-8-15/h3-5,7-8H,2,10-14H2,1H3,(H,19,20). The zero-order chi connectivity index (χ0) is 14.4. The van der Waals surface area contributed by atoms with Gasteiger partial charge >= 0.3 is 5.97 Å². The summed E-state index contributed by atoms with van der Waals surface area (Å²) < 4.78 is 0. The largest absolute Gasteiger partial charge is 0.481 e. The number of carboxylic acid groups (broad SMARTS) is 1. The Hall–Kier alpha value is -1.79. The molecule has 0 bridgehead atoms. The molecule has 106 valence electrons. The molecule has 0 spiro atoms. The molecule has 0 aromatic heterocycles. The first-order chi connectivity index (χ1) is 9.66. The van der Waals surface area contributed by atoms with Crippen LogP contribution in [0.15, 0.2) is 30.3 Å². The van der Waals surface area contributed by atoms with E-state index in [1.807, 2.05) is 37.3 Å². The Morgan fingerprint density at radius 1 is 1.40 bits per heavy atom. The van der Waals surface area contributed by atoms with Crippen LogP contribution in [0.25, 0.3) is 0 Å². The Balaban J connectivity index is 1.93. The van der Waals surface area contributed by atoms with Gasteiger partial charge < -0.3 is 5.11 Å². The number of aliphatic carboxylic acids is 1. The van der Waals surface area contributed by atoms with E-state index in [0.29, 0.717) is 13.1 Å². The van der Waals surface area contributed by atoms with Crippen LogP contribution in [0.4, 0.5) is 0 Å². The number of hydrogen-bond acceptors (Lipinski definition) is 2. The first kappa shape index (κ1) is 14.6. The van der Waals surface area contributed by atoms with Crippen LogP contribution in [0, 0.1) is 17.3 Å². The second-order valence-electron chi connectivity index (χ2n) is 5.46. The number of likely N-dealkylation sites (tertiary alicyclic amines) is 1. The first-order valence-electron chi connectivity index (χ1n) is 7.16. The van der Waals surface area contributed by atoms with Crippen LogP contribution in [-0.4, -0.2) is 35.6 Å². The molecule has 3 heteroatoms. The lowest BCUT2D eigenvalue weighted by atomic mass is 9.83. The van der Waals surface area contributed by atoms with Crippen LogP contribution in [0.5, 0.6) is 0 Å². The van der Waals surface area contributed by atoms with Crippen molar-refractivity contribution in [1.29, 1.82) is 0 Å². The second kappa shape index (κ2) is 6.58. The number of nitrogens with zero attached hydrogens (tertiary/aromatic N) is 1. The molecule has 0 saturated carbocycles. The maximum absolute atomic E-state index is 11.5. The number of carbonyl (C=O) groups is 1. The fraction of sp³-hybridized carbons (Fsp3) is 0.471. The number of benzene rings is 1. The Morgan fingerprint density at radius 3 is 2.80 bits per heavy atom. The highest BCUT2D eigenvalue weighted by molar-refractivity contribution is 5.75. The predicted octanol–water partition coefficient (Wildman–Crippen LogP) is 2.61. The summed E-state index contributed by atoms with van der Waals surface area (Å²) in [6, 6.07) is 9.87. The van der Waals surface area contributed by atoms with Gasteiger partial charge in [0.2, 0.25) is 0 Å². The topological polar surface area (TPSA) is 40.5 Å². The van der Waals surface area contributed by atoms with Gasteiger partial charge in [0.25, 0.3) is 0 Å². The minimum atomic E-state index is -0.655. The lowest BCUT2D eigenvalue weighted by Gasteiger charge is -2.23. The van der Waals surface area contributed by atoms with E-state index in [1.54, 1.807) is 0 Å². The van der Waals surface area contributed by atoms with Crippen molar-refractivity contribution in [3.8, 4) is 11.8 Å². The van der Waals surface area contributed by atoms with E-state index in [-0.39, 0.29) is 0 Å². The van der Waals surface area contributed by atoms with Crippen LogP contribution in [0.1, 0.15) is 31.7 Å². The number of carboxylic acids is 1. The van der Waals surface area contributed by atoms with E-state index in [4.69, 9.17) is 0 Å². The maximum atomic E-state index is 11.5. The minimum Gasteiger partial charge on any atom is -0.481 e. The lowest BCUT2D eigenvalue weighted by Crippen LogP contribution is -2.34. The predicted molar refractivity (Wildman–Crippen MR) is 79.4 cm³/mol. The van der Waals surface area contributed by atoms with Crippen LogP contribution >= 0.6 is 0 Å². The smallest absolute Gasteiger partial charge is 0.310 e. The van der Waals surface area contributed by atoms with Gasteiger partial charge in [-0.15, -0.1) is 0 Å². The van der Waals surface area contributed by atoms with Gasteiger partial charge in [-0.2, -0.15) is 0 Å². The van der Waals surface area contributed by atoms with E-state index in [2.05, 4.69) is 16.7 Å². The van der Waals surface area contributed by atoms with Gasteiger partial charge in [0.05, 0.1) is 12.0 Å². The van der Waals surface area contributed by atoms with Crippen molar-refractivity contribution in [3.05, 3.63) is 35.9 Å². The lowest BCUT2D eigenvalue weighted by molar-refractivity contribution is -0.148. The molecule has 1 aromatic carbocycles. The van der Waals surface area contributed by atoms with Crippen molar-refractivity contribution >= 4 is 5.97 Å². The highest BCUT2D eigenvalue weighted by atomic mass is 16.4. The molecule has 1 fully saturated rings. The molecule has 0 amide bonds. The monoisotopic (exact) mass is 271 g/mol. The van der Waals surface area contributed by atoms with Crippen molar-refractivity contribution in [3.63, 3.8) is 0 Å². The van der Waals surface area contributed by atoms with E-state index in [9.17, 15) is 9.90 Å². The maximum Gasteiger partial charge on any atom is 0.310 e. The van der Waals surface area contributed by atoms with Crippen molar-refractivity contribution < 1.29 is 9.90 Å². The summed E-state index contributed by atoms with van der Waals surface area (Å²) in [6.45, 7) is 4.14. The fourth-order valence-electron chi connectivity index (χ4n) is 2.83. The van der Waals surface area contributed by atoms with E-state index in [0.717, 1.165) is 31.4 Å². The molecular formula is C17H21NO2. The summed E-state index contributed by atoms with van der Waals surface area (Å²) in [5.74, 6) is 5.61. The van der Waals surface area contributed by atoms with Crippen molar-refractivity contribution in [2.75, 3.05) is 19.6 Å². The Labute approximate surface area is 120 Å². The SMILES string of the molecule is CCCC1(C(=O)O)CCN(CC#Cc2ccccc2)C1. The van der Waals surface area contributed by atoms with E-state index >= 15 is 0 Å². The van der Waals surface area contributed by atoms with Gasteiger partial charge in [0.15, 0.2) is 0 Å². The molecular weight excluding hydrogens is 250 g/mol. The third-order valence-electron chi connectivity index (χ3n) is 3.92. The molecule has 20 heavy (non-hydrogen) atoms. The fourth-order valence-corrected chi connectivity index (χ4v) is 2.83. The van der Waals surface area contributed by atoms with Gasteiger partial charge in [-0.3, -0.25) is 9.69 Å². The molecule has 1 heterocycles. The van der Waals surface area contributed by atoms with Gasteiger partial charge in [0, 0.05) is 18.7 Å². The Morgan fingerprint density at radius 2 is 2.15 bits per heavy atom. The summed E-state index contributed by atoms with van der Waals surface area (Å²) in [6.07, 6.45) is 2.41.